The monoisotopic (exact) mass is 255 g/mol. The molecule has 3 nitrogen and oxygen atoms in total. The quantitative estimate of drug-likeness (QED) is 0.794. The number of hydrogen-bond donors (Lipinski definition) is 1. The minimum absolute atomic E-state index is 0.388. The highest BCUT2D eigenvalue weighted by Crippen LogP contribution is 2.27. The van der Waals surface area contributed by atoms with Gasteiger partial charge < -0.3 is 10.5 Å². The second kappa shape index (κ2) is 6.50. The van der Waals surface area contributed by atoms with E-state index in [0.29, 0.717) is 18.1 Å². The van der Waals surface area contributed by atoms with E-state index in [4.69, 9.17) is 22.1 Å². The maximum Gasteiger partial charge on any atom is 0.248 e. The molecule has 0 fully saturated rings. The third kappa shape index (κ3) is 3.13. The van der Waals surface area contributed by atoms with E-state index < -0.39 is 0 Å². The van der Waals surface area contributed by atoms with Crippen LogP contribution in [0.5, 0.6) is 5.75 Å². The fourth-order valence-electron chi connectivity index (χ4n) is 1.98. The van der Waals surface area contributed by atoms with Gasteiger partial charge in [-0.05, 0) is 36.1 Å². The number of benzene rings is 1. The summed E-state index contributed by atoms with van der Waals surface area (Å²) in [4.78, 5) is 11.3. The number of carbonyl (C=O) groups is 1. The lowest BCUT2D eigenvalue weighted by Crippen LogP contribution is -2.15. The van der Waals surface area contributed by atoms with E-state index in [2.05, 4.69) is 0 Å². The molecule has 0 saturated heterocycles. The van der Waals surface area contributed by atoms with Crippen molar-refractivity contribution in [3.05, 3.63) is 28.8 Å². The normalized spacial score (nSPS) is 10.3. The van der Waals surface area contributed by atoms with Gasteiger partial charge in [0.05, 0.1) is 5.88 Å². The number of primary amides is 1. The van der Waals surface area contributed by atoms with Crippen molar-refractivity contribution in [2.24, 2.45) is 5.73 Å². The molecule has 0 saturated carbocycles. The van der Waals surface area contributed by atoms with E-state index in [1.165, 1.54) is 0 Å². The average Bonchev–Trinajstić information content (AvgIpc) is 2.34. The third-order valence-electron chi connectivity index (χ3n) is 2.70. The molecule has 0 bridgehead atoms. The summed E-state index contributed by atoms with van der Waals surface area (Å²) in [5.74, 6) is 0.859. The minimum Gasteiger partial charge on any atom is -0.492 e. The molecule has 94 valence electrons. The van der Waals surface area contributed by atoms with Gasteiger partial charge in [-0.2, -0.15) is 0 Å². The highest BCUT2D eigenvalue weighted by atomic mass is 35.5. The maximum absolute atomic E-state index is 11.3. The number of hydrogen-bond acceptors (Lipinski definition) is 2. The predicted octanol–water partition coefficient (Wildman–Crippen LogP) is 2.53. The Hall–Kier alpha value is -1.22. The van der Waals surface area contributed by atoms with E-state index in [1.807, 2.05) is 13.8 Å². The van der Waals surface area contributed by atoms with Crippen molar-refractivity contribution in [3.8, 4) is 5.75 Å². The van der Waals surface area contributed by atoms with E-state index in [-0.39, 0.29) is 5.91 Å². The molecule has 0 spiro atoms. The van der Waals surface area contributed by atoms with Crippen molar-refractivity contribution in [2.75, 3.05) is 12.5 Å². The molecule has 0 aromatic heterocycles. The number of ether oxygens (including phenoxy) is 1. The van der Waals surface area contributed by atoms with Crippen LogP contribution in [0.25, 0.3) is 0 Å². The lowest BCUT2D eigenvalue weighted by molar-refractivity contribution is 0.0999. The highest BCUT2D eigenvalue weighted by molar-refractivity contribution is 6.18. The van der Waals surface area contributed by atoms with Gasteiger partial charge in [0.1, 0.15) is 12.4 Å². The zero-order valence-corrected chi connectivity index (χ0v) is 11.0. The number of halogens is 1. The molecule has 1 aromatic carbocycles. The zero-order chi connectivity index (χ0) is 12.8. The van der Waals surface area contributed by atoms with E-state index in [0.717, 1.165) is 29.7 Å². The Bertz CT molecular complexity index is 405. The van der Waals surface area contributed by atoms with Crippen LogP contribution in [0.3, 0.4) is 0 Å². The molecular formula is C13H18ClNO2. The molecule has 0 aliphatic heterocycles. The van der Waals surface area contributed by atoms with Crippen LogP contribution in [0.2, 0.25) is 0 Å². The molecule has 2 N–H and O–H groups in total. The van der Waals surface area contributed by atoms with Gasteiger partial charge in [-0.3, -0.25) is 4.79 Å². The van der Waals surface area contributed by atoms with Crippen LogP contribution < -0.4 is 10.5 Å². The summed E-state index contributed by atoms with van der Waals surface area (Å²) >= 11 is 5.60. The van der Waals surface area contributed by atoms with Gasteiger partial charge in [0.2, 0.25) is 5.91 Å². The second-order valence-electron chi connectivity index (χ2n) is 3.68. The molecule has 0 aliphatic rings. The van der Waals surface area contributed by atoms with Gasteiger partial charge in [-0.25, -0.2) is 0 Å². The topological polar surface area (TPSA) is 52.3 Å². The minimum atomic E-state index is -0.388. The standard InChI is InChI=1S/C13H18ClNO2/c1-3-9-10(4-2)12(17-8-7-14)6-5-11(9)13(15)16/h5-6H,3-4,7-8H2,1-2H3,(H2,15,16). The first-order valence-corrected chi connectivity index (χ1v) is 6.32. The maximum atomic E-state index is 11.3. The van der Waals surface area contributed by atoms with Gasteiger partial charge in [-0.1, -0.05) is 13.8 Å². The summed E-state index contributed by atoms with van der Waals surface area (Å²) in [6, 6.07) is 3.52. The van der Waals surface area contributed by atoms with Crippen LogP contribution in [0, 0.1) is 0 Å². The molecule has 0 aliphatic carbocycles. The predicted molar refractivity (Wildman–Crippen MR) is 69.9 cm³/mol. The number of amides is 1. The third-order valence-corrected chi connectivity index (χ3v) is 2.85. The van der Waals surface area contributed by atoms with Crippen LogP contribution in [0.15, 0.2) is 12.1 Å². The summed E-state index contributed by atoms with van der Waals surface area (Å²) in [6.45, 7) is 4.51. The SMILES string of the molecule is CCc1c(OCCCl)ccc(C(N)=O)c1CC. The Morgan fingerprint density at radius 1 is 1.29 bits per heavy atom. The Labute approximate surface area is 107 Å². The van der Waals surface area contributed by atoms with E-state index >= 15 is 0 Å². The summed E-state index contributed by atoms with van der Waals surface area (Å²) in [7, 11) is 0. The molecule has 1 aromatic rings. The zero-order valence-electron chi connectivity index (χ0n) is 10.3. The molecule has 1 amide bonds. The van der Waals surface area contributed by atoms with Crippen molar-refractivity contribution in [1.29, 1.82) is 0 Å². The van der Waals surface area contributed by atoms with Crippen molar-refractivity contribution >= 4 is 17.5 Å². The van der Waals surface area contributed by atoms with E-state index in [1.54, 1.807) is 12.1 Å². The van der Waals surface area contributed by atoms with Crippen molar-refractivity contribution in [3.63, 3.8) is 0 Å². The molecule has 0 heterocycles. The molecule has 0 unspecified atom stereocenters. The lowest BCUT2D eigenvalue weighted by Gasteiger charge is -2.15. The smallest absolute Gasteiger partial charge is 0.248 e. The van der Waals surface area contributed by atoms with Gasteiger partial charge in [0.15, 0.2) is 0 Å². The summed E-state index contributed by atoms with van der Waals surface area (Å²) in [6.07, 6.45) is 1.57. The van der Waals surface area contributed by atoms with Crippen LogP contribution >= 0.6 is 11.6 Å². The number of alkyl halides is 1. The van der Waals surface area contributed by atoms with Gasteiger partial charge in [0.25, 0.3) is 0 Å². The molecule has 0 radical (unpaired) electrons. The fraction of sp³-hybridized carbons (Fsp3) is 0.462. The molecular weight excluding hydrogens is 238 g/mol. The summed E-state index contributed by atoms with van der Waals surface area (Å²) in [5.41, 5.74) is 7.98. The highest BCUT2D eigenvalue weighted by Gasteiger charge is 2.14. The van der Waals surface area contributed by atoms with Crippen LogP contribution in [0.4, 0.5) is 0 Å². The van der Waals surface area contributed by atoms with Gasteiger partial charge in [0, 0.05) is 5.56 Å². The van der Waals surface area contributed by atoms with Crippen molar-refractivity contribution < 1.29 is 9.53 Å². The summed E-state index contributed by atoms with van der Waals surface area (Å²) in [5, 5.41) is 0. The number of carbonyl (C=O) groups excluding carboxylic acids is 1. The second-order valence-corrected chi connectivity index (χ2v) is 4.06. The first kappa shape index (κ1) is 13.8. The number of nitrogens with two attached hydrogens (primary N) is 1. The number of rotatable bonds is 6. The molecule has 4 heteroatoms. The molecule has 1 rings (SSSR count). The van der Waals surface area contributed by atoms with Crippen LogP contribution in [-0.4, -0.2) is 18.4 Å². The Kier molecular flexibility index (Phi) is 5.29. The molecule has 0 atom stereocenters. The van der Waals surface area contributed by atoms with E-state index in [9.17, 15) is 4.79 Å². The first-order valence-electron chi connectivity index (χ1n) is 5.78. The largest absolute Gasteiger partial charge is 0.492 e. The lowest BCUT2D eigenvalue weighted by atomic mass is 9.96. The molecule has 17 heavy (non-hydrogen) atoms. The van der Waals surface area contributed by atoms with Gasteiger partial charge >= 0.3 is 0 Å². The Morgan fingerprint density at radius 2 is 1.94 bits per heavy atom. The summed E-state index contributed by atoms with van der Waals surface area (Å²) < 4.78 is 5.57. The van der Waals surface area contributed by atoms with Crippen LogP contribution in [0.1, 0.15) is 35.3 Å². The average molecular weight is 256 g/mol. The Morgan fingerprint density at radius 3 is 2.41 bits per heavy atom. The van der Waals surface area contributed by atoms with Crippen molar-refractivity contribution in [2.45, 2.75) is 26.7 Å². The van der Waals surface area contributed by atoms with Crippen molar-refractivity contribution in [1.82, 2.24) is 0 Å². The fourth-order valence-corrected chi connectivity index (χ4v) is 2.05. The Balaban J connectivity index is 3.22. The van der Waals surface area contributed by atoms with Crippen LogP contribution in [-0.2, 0) is 12.8 Å². The van der Waals surface area contributed by atoms with Gasteiger partial charge in [-0.15, -0.1) is 11.6 Å². The first-order chi connectivity index (χ1) is 8.15.